The van der Waals surface area contributed by atoms with Crippen molar-refractivity contribution in [2.45, 2.75) is 19.4 Å². The Balaban J connectivity index is 2.50. The predicted molar refractivity (Wildman–Crippen MR) is 58.2 cm³/mol. The average Bonchev–Trinajstić information content (AvgIpc) is 2.52. The summed E-state index contributed by atoms with van der Waals surface area (Å²) in [4.78, 5) is 11.8. The zero-order chi connectivity index (χ0) is 10.6. The van der Waals surface area contributed by atoms with E-state index in [0.717, 1.165) is 8.66 Å². The molecule has 0 fully saturated rings. The van der Waals surface area contributed by atoms with Gasteiger partial charge in [0.05, 0.1) is 22.9 Å². The van der Waals surface area contributed by atoms with Crippen LogP contribution >= 0.6 is 27.3 Å². The third kappa shape index (κ3) is 3.40. The first-order valence-electron chi connectivity index (χ1n) is 4.22. The van der Waals surface area contributed by atoms with E-state index in [1.54, 1.807) is 13.0 Å². The van der Waals surface area contributed by atoms with E-state index in [1.165, 1.54) is 11.3 Å². The Bertz CT molecular complexity index is 311. The van der Waals surface area contributed by atoms with Crippen LogP contribution in [-0.2, 0) is 9.53 Å². The minimum absolute atomic E-state index is 0.0147. The maximum Gasteiger partial charge on any atom is 0.308 e. The molecule has 78 valence electrons. The molecule has 0 aliphatic carbocycles. The summed E-state index contributed by atoms with van der Waals surface area (Å²) >= 11 is 4.70. The van der Waals surface area contributed by atoms with Crippen LogP contribution in [-0.4, -0.2) is 17.7 Å². The number of hydrogen-bond acceptors (Lipinski definition) is 4. The molecule has 1 aromatic heterocycles. The standard InChI is InChI=1S/C9H11BrO3S/c1-2-13-9(12)5-6(11)7-3-4-8(10)14-7/h3-4,6,11H,2,5H2,1H3. The Labute approximate surface area is 94.8 Å². The number of carbonyl (C=O) groups excluding carboxylic acids is 1. The zero-order valence-electron chi connectivity index (χ0n) is 7.70. The second-order valence-corrected chi connectivity index (χ2v) is 5.16. The van der Waals surface area contributed by atoms with Crippen molar-refractivity contribution in [1.29, 1.82) is 0 Å². The van der Waals surface area contributed by atoms with Crippen molar-refractivity contribution in [1.82, 2.24) is 0 Å². The fourth-order valence-corrected chi connectivity index (χ4v) is 2.40. The predicted octanol–water partition coefficient (Wildman–Crippen LogP) is 2.50. The Morgan fingerprint density at radius 2 is 2.43 bits per heavy atom. The van der Waals surface area contributed by atoms with E-state index in [9.17, 15) is 9.90 Å². The number of halogens is 1. The second kappa shape index (κ2) is 5.48. The van der Waals surface area contributed by atoms with Crippen LogP contribution in [0.25, 0.3) is 0 Å². The fourth-order valence-electron chi connectivity index (χ4n) is 0.986. The molecule has 1 unspecified atom stereocenters. The third-order valence-corrected chi connectivity index (χ3v) is 3.31. The highest BCUT2D eigenvalue weighted by Gasteiger charge is 2.15. The molecule has 0 spiro atoms. The van der Waals surface area contributed by atoms with E-state index in [-0.39, 0.29) is 12.4 Å². The van der Waals surface area contributed by atoms with Crippen molar-refractivity contribution < 1.29 is 14.6 Å². The van der Waals surface area contributed by atoms with E-state index in [2.05, 4.69) is 15.9 Å². The molecule has 5 heteroatoms. The fraction of sp³-hybridized carbons (Fsp3) is 0.444. The summed E-state index contributed by atoms with van der Waals surface area (Å²) in [5, 5.41) is 9.62. The highest BCUT2D eigenvalue weighted by atomic mass is 79.9. The van der Waals surface area contributed by atoms with Crippen molar-refractivity contribution in [2.24, 2.45) is 0 Å². The first-order valence-corrected chi connectivity index (χ1v) is 5.83. The lowest BCUT2D eigenvalue weighted by Gasteiger charge is -2.06. The van der Waals surface area contributed by atoms with E-state index in [0.29, 0.717) is 6.61 Å². The molecule has 0 bridgehead atoms. The molecule has 1 heterocycles. The van der Waals surface area contributed by atoms with E-state index in [1.807, 2.05) is 6.07 Å². The molecule has 0 aliphatic rings. The highest BCUT2D eigenvalue weighted by molar-refractivity contribution is 9.11. The van der Waals surface area contributed by atoms with Gasteiger partial charge in [0.15, 0.2) is 0 Å². The third-order valence-electron chi connectivity index (χ3n) is 1.59. The first-order chi connectivity index (χ1) is 6.63. The van der Waals surface area contributed by atoms with Crippen LogP contribution in [0.15, 0.2) is 15.9 Å². The number of carbonyl (C=O) groups is 1. The van der Waals surface area contributed by atoms with Crippen molar-refractivity contribution in [3.63, 3.8) is 0 Å². The monoisotopic (exact) mass is 278 g/mol. The van der Waals surface area contributed by atoms with Crippen molar-refractivity contribution in [3.8, 4) is 0 Å². The Morgan fingerprint density at radius 1 is 1.71 bits per heavy atom. The molecule has 3 nitrogen and oxygen atoms in total. The minimum Gasteiger partial charge on any atom is -0.466 e. The van der Waals surface area contributed by atoms with Gasteiger partial charge in [-0.2, -0.15) is 0 Å². The lowest BCUT2D eigenvalue weighted by atomic mass is 10.2. The molecule has 0 saturated carbocycles. The minimum atomic E-state index is -0.759. The molecule has 1 N–H and O–H groups in total. The van der Waals surface area contributed by atoms with E-state index < -0.39 is 6.10 Å². The van der Waals surface area contributed by atoms with Gasteiger partial charge in [-0.05, 0) is 35.0 Å². The lowest BCUT2D eigenvalue weighted by molar-refractivity contribution is -0.145. The number of esters is 1. The maximum atomic E-state index is 11.0. The van der Waals surface area contributed by atoms with Crippen LogP contribution in [0.1, 0.15) is 24.3 Å². The van der Waals surface area contributed by atoms with Gasteiger partial charge in [0.25, 0.3) is 0 Å². The van der Waals surface area contributed by atoms with Gasteiger partial charge in [0.2, 0.25) is 0 Å². The maximum absolute atomic E-state index is 11.0. The van der Waals surface area contributed by atoms with Gasteiger partial charge in [0.1, 0.15) is 0 Å². The number of hydrogen-bond donors (Lipinski definition) is 1. The number of thiophene rings is 1. The average molecular weight is 279 g/mol. The molecule has 0 saturated heterocycles. The molecule has 0 amide bonds. The molecule has 0 aromatic carbocycles. The Morgan fingerprint density at radius 3 is 2.93 bits per heavy atom. The van der Waals surface area contributed by atoms with Gasteiger partial charge < -0.3 is 9.84 Å². The van der Waals surface area contributed by atoms with E-state index in [4.69, 9.17) is 4.74 Å². The molecule has 14 heavy (non-hydrogen) atoms. The van der Waals surface area contributed by atoms with Crippen molar-refractivity contribution >= 4 is 33.2 Å². The van der Waals surface area contributed by atoms with Crippen LogP contribution in [0.5, 0.6) is 0 Å². The van der Waals surface area contributed by atoms with Gasteiger partial charge in [-0.25, -0.2) is 0 Å². The molecule has 1 atom stereocenters. The van der Waals surface area contributed by atoms with Crippen LogP contribution < -0.4 is 0 Å². The Hall–Kier alpha value is -0.390. The number of rotatable bonds is 4. The molecule has 1 aromatic rings. The molecule has 0 aliphatic heterocycles. The van der Waals surface area contributed by atoms with Crippen LogP contribution in [0.4, 0.5) is 0 Å². The summed E-state index contributed by atoms with van der Waals surface area (Å²) < 4.78 is 5.67. The van der Waals surface area contributed by atoms with Gasteiger partial charge in [-0.3, -0.25) is 4.79 Å². The smallest absolute Gasteiger partial charge is 0.308 e. The number of aliphatic hydroxyl groups is 1. The Kier molecular flexibility index (Phi) is 4.57. The first kappa shape index (κ1) is 11.7. The summed E-state index contributed by atoms with van der Waals surface area (Å²) in [5.74, 6) is -0.371. The highest BCUT2D eigenvalue weighted by Crippen LogP contribution is 2.28. The van der Waals surface area contributed by atoms with Crippen molar-refractivity contribution in [2.75, 3.05) is 6.61 Å². The largest absolute Gasteiger partial charge is 0.466 e. The van der Waals surface area contributed by atoms with Crippen LogP contribution in [0, 0.1) is 0 Å². The molecular weight excluding hydrogens is 268 g/mol. The molecular formula is C9H11BrO3S. The lowest BCUT2D eigenvalue weighted by Crippen LogP contribution is -2.09. The van der Waals surface area contributed by atoms with E-state index >= 15 is 0 Å². The zero-order valence-corrected chi connectivity index (χ0v) is 10.1. The summed E-state index contributed by atoms with van der Waals surface area (Å²) in [7, 11) is 0. The number of ether oxygens (including phenoxy) is 1. The quantitative estimate of drug-likeness (QED) is 0.861. The summed E-state index contributed by atoms with van der Waals surface area (Å²) in [5.41, 5.74) is 0. The van der Waals surface area contributed by atoms with Gasteiger partial charge in [0, 0.05) is 4.88 Å². The molecule has 0 radical (unpaired) electrons. The second-order valence-electron chi connectivity index (χ2n) is 2.67. The van der Waals surface area contributed by atoms with Gasteiger partial charge in [-0.1, -0.05) is 0 Å². The van der Waals surface area contributed by atoms with Gasteiger partial charge in [-0.15, -0.1) is 11.3 Å². The molecule has 1 rings (SSSR count). The summed E-state index contributed by atoms with van der Waals surface area (Å²) in [6.07, 6.45) is -0.744. The summed E-state index contributed by atoms with van der Waals surface area (Å²) in [6.45, 7) is 2.09. The van der Waals surface area contributed by atoms with Crippen LogP contribution in [0.3, 0.4) is 0 Å². The normalized spacial score (nSPS) is 12.5. The van der Waals surface area contributed by atoms with Crippen LogP contribution in [0.2, 0.25) is 0 Å². The topological polar surface area (TPSA) is 46.5 Å². The van der Waals surface area contributed by atoms with Crippen molar-refractivity contribution in [3.05, 3.63) is 20.8 Å². The SMILES string of the molecule is CCOC(=O)CC(O)c1ccc(Br)s1. The number of aliphatic hydroxyl groups excluding tert-OH is 1. The van der Waals surface area contributed by atoms with Gasteiger partial charge >= 0.3 is 5.97 Å². The summed E-state index contributed by atoms with van der Waals surface area (Å²) in [6, 6.07) is 3.63.